The number of aliphatic carboxylic acids is 1. The summed E-state index contributed by atoms with van der Waals surface area (Å²) in [5, 5.41) is 9.28. The molecule has 0 radical (unpaired) electrons. The number of carboxylic acids is 1. The van der Waals surface area contributed by atoms with Crippen molar-refractivity contribution >= 4 is 21.9 Å². The van der Waals surface area contributed by atoms with Gasteiger partial charge in [-0.3, -0.25) is 9.78 Å². The van der Waals surface area contributed by atoms with Gasteiger partial charge in [-0.15, -0.1) is 0 Å². The molecule has 1 N–H and O–H groups in total. The zero-order valence-electron chi connectivity index (χ0n) is 8.65. The van der Waals surface area contributed by atoms with Gasteiger partial charge in [0.1, 0.15) is 0 Å². The molecule has 0 amide bonds. The number of hydrogen-bond donors (Lipinski definition) is 1. The van der Waals surface area contributed by atoms with E-state index in [0.29, 0.717) is 19.4 Å². The van der Waals surface area contributed by atoms with Crippen molar-refractivity contribution < 1.29 is 14.6 Å². The van der Waals surface area contributed by atoms with Gasteiger partial charge in [0.25, 0.3) is 0 Å². The number of pyridine rings is 1. The molecule has 1 aliphatic rings. The predicted octanol–water partition coefficient (Wildman–Crippen LogP) is 1.88. The van der Waals surface area contributed by atoms with Gasteiger partial charge in [0, 0.05) is 23.5 Å². The predicted molar refractivity (Wildman–Crippen MR) is 61.1 cm³/mol. The second kappa shape index (κ2) is 4.51. The van der Waals surface area contributed by atoms with Crippen LogP contribution in [0.3, 0.4) is 0 Å². The number of ether oxygens (including phenoxy) is 1. The molecule has 1 aliphatic heterocycles. The monoisotopic (exact) mass is 285 g/mol. The molecule has 0 aromatic carbocycles. The van der Waals surface area contributed by atoms with Gasteiger partial charge in [-0.2, -0.15) is 0 Å². The average molecular weight is 286 g/mol. The molecule has 1 atom stereocenters. The quantitative estimate of drug-likeness (QED) is 0.921. The number of hydrogen-bond acceptors (Lipinski definition) is 3. The largest absolute Gasteiger partial charge is 0.481 e. The van der Waals surface area contributed by atoms with Gasteiger partial charge in [0.05, 0.1) is 12.0 Å². The van der Waals surface area contributed by atoms with Crippen LogP contribution in [0.25, 0.3) is 0 Å². The third kappa shape index (κ3) is 2.25. The van der Waals surface area contributed by atoms with E-state index in [-0.39, 0.29) is 6.61 Å². The van der Waals surface area contributed by atoms with Crippen LogP contribution in [0.5, 0.6) is 0 Å². The van der Waals surface area contributed by atoms with E-state index in [9.17, 15) is 9.90 Å². The first-order valence-electron chi connectivity index (χ1n) is 5.03. The third-order valence-electron chi connectivity index (χ3n) is 2.86. The van der Waals surface area contributed by atoms with E-state index in [0.717, 1.165) is 10.0 Å². The molecule has 0 spiro atoms. The van der Waals surface area contributed by atoms with Crippen LogP contribution in [-0.2, 0) is 16.0 Å². The lowest BCUT2D eigenvalue weighted by Crippen LogP contribution is -2.33. The van der Waals surface area contributed by atoms with Crippen LogP contribution in [0.2, 0.25) is 0 Å². The Bertz CT molecular complexity index is 402. The Morgan fingerprint density at radius 3 is 3.00 bits per heavy atom. The summed E-state index contributed by atoms with van der Waals surface area (Å²) in [6.45, 7) is 0.808. The zero-order valence-corrected chi connectivity index (χ0v) is 10.2. The molecule has 1 saturated heterocycles. The summed E-state index contributed by atoms with van der Waals surface area (Å²) in [5.74, 6) is -0.787. The topological polar surface area (TPSA) is 59.4 Å². The van der Waals surface area contributed by atoms with Gasteiger partial charge in [0.2, 0.25) is 0 Å². The Labute approximate surface area is 102 Å². The summed E-state index contributed by atoms with van der Waals surface area (Å²) in [6.07, 6.45) is 4.42. The van der Waals surface area contributed by atoms with Crippen molar-refractivity contribution in [2.45, 2.75) is 12.8 Å². The highest BCUT2D eigenvalue weighted by Gasteiger charge is 2.42. The fourth-order valence-corrected chi connectivity index (χ4v) is 2.35. The van der Waals surface area contributed by atoms with Gasteiger partial charge < -0.3 is 9.84 Å². The Balaban J connectivity index is 2.21. The SMILES string of the molecule is O=C(O)C1(Cc2cncc(Br)c2)CCOC1. The van der Waals surface area contributed by atoms with Crippen molar-refractivity contribution in [1.29, 1.82) is 0 Å². The fourth-order valence-electron chi connectivity index (χ4n) is 1.93. The molecule has 2 heterocycles. The first kappa shape index (κ1) is 11.5. The van der Waals surface area contributed by atoms with E-state index in [2.05, 4.69) is 20.9 Å². The molecule has 4 nitrogen and oxygen atoms in total. The molecule has 5 heteroatoms. The lowest BCUT2D eigenvalue weighted by atomic mass is 9.81. The molecule has 1 fully saturated rings. The minimum atomic E-state index is -0.787. The minimum Gasteiger partial charge on any atom is -0.481 e. The van der Waals surface area contributed by atoms with Crippen molar-refractivity contribution in [3.05, 3.63) is 28.5 Å². The highest BCUT2D eigenvalue weighted by atomic mass is 79.9. The number of rotatable bonds is 3. The summed E-state index contributed by atoms with van der Waals surface area (Å²) in [7, 11) is 0. The number of carbonyl (C=O) groups is 1. The highest BCUT2D eigenvalue weighted by molar-refractivity contribution is 9.10. The van der Waals surface area contributed by atoms with Crippen LogP contribution in [0.1, 0.15) is 12.0 Å². The molecule has 1 unspecified atom stereocenters. The first-order valence-corrected chi connectivity index (χ1v) is 5.82. The summed E-state index contributed by atoms with van der Waals surface area (Å²) < 4.78 is 6.08. The maximum atomic E-state index is 11.3. The molecular formula is C11H12BrNO3. The van der Waals surface area contributed by atoms with E-state index >= 15 is 0 Å². The van der Waals surface area contributed by atoms with Crippen LogP contribution in [-0.4, -0.2) is 29.3 Å². The Morgan fingerprint density at radius 2 is 2.44 bits per heavy atom. The third-order valence-corrected chi connectivity index (χ3v) is 3.29. The van der Waals surface area contributed by atoms with Crippen molar-refractivity contribution in [3.8, 4) is 0 Å². The molecule has 2 rings (SSSR count). The molecule has 16 heavy (non-hydrogen) atoms. The van der Waals surface area contributed by atoms with Crippen LogP contribution in [0.15, 0.2) is 22.9 Å². The molecule has 86 valence electrons. The summed E-state index contributed by atoms with van der Waals surface area (Å²) >= 11 is 3.33. The van der Waals surface area contributed by atoms with E-state index in [1.807, 2.05) is 6.07 Å². The van der Waals surface area contributed by atoms with E-state index < -0.39 is 11.4 Å². The van der Waals surface area contributed by atoms with Crippen molar-refractivity contribution in [2.75, 3.05) is 13.2 Å². The van der Waals surface area contributed by atoms with Gasteiger partial charge >= 0.3 is 5.97 Å². The number of halogens is 1. The summed E-state index contributed by atoms with van der Waals surface area (Å²) in [5.41, 5.74) is 0.143. The maximum Gasteiger partial charge on any atom is 0.312 e. The fraction of sp³-hybridized carbons (Fsp3) is 0.455. The van der Waals surface area contributed by atoms with Gasteiger partial charge in [-0.1, -0.05) is 0 Å². The van der Waals surface area contributed by atoms with E-state index in [1.54, 1.807) is 12.4 Å². The van der Waals surface area contributed by atoms with E-state index in [4.69, 9.17) is 4.74 Å². The lowest BCUT2D eigenvalue weighted by molar-refractivity contribution is -0.148. The van der Waals surface area contributed by atoms with Crippen molar-refractivity contribution in [3.63, 3.8) is 0 Å². The van der Waals surface area contributed by atoms with Gasteiger partial charge in [-0.25, -0.2) is 0 Å². The van der Waals surface area contributed by atoms with Crippen LogP contribution < -0.4 is 0 Å². The average Bonchev–Trinajstić information content (AvgIpc) is 2.67. The zero-order chi connectivity index (χ0) is 11.6. The van der Waals surface area contributed by atoms with Crippen molar-refractivity contribution in [1.82, 2.24) is 4.98 Å². The molecule has 0 aliphatic carbocycles. The Hall–Kier alpha value is -0.940. The Kier molecular flexibility index (Phi) is 3.25. The molecular weight excluding hydrogens is 274 g/mol. The van der Waals surface area contributed by atoms with E-state index in [1.165, 1.54) is 0 Å². The standard InChI is InChI=1S/C11H12BrNO3/c12-9-3-8(5-13-6-9)4-11(10(14)15)1-2-16-7-11/h3,5-6H,1-2,4,7H2,(H,14,15). The smallest absolute Gasteiger partial charge is 0.312 e. The van der Waals surface area contributed by atoms with Gasteiger partial charge in [0.15, 0.2) is 0 Å². The first-order chi connectivity index (χ1) is 7.62. The van der Waals surface area contributed by atoms with Crippen LogP contribution >= 0.6 is 15.9 Å². The summed E-state index contributed by atoms with van der Waals surface area (Å²) in [6, 6.07) is 1.90. The minimum absolute atomic E-state index is 0.287. The normalized spacial score (nSPS) is 24.6. The van der Waals surface area contributed by atoms with Crippen LogP contribution in [0, 0.1) is 5.41 Å². The number of aromatic nitrogens is 1. The van der Waals surface area contributed by atoms with Crippen molar-refractivity contribution in [2.24, 2.45) is 5.41 Å². The molecule has 0 bridgehead atoms. The summed E-state index contributed by atoms with van der Waals surface area (Å²) in [4.78, 5) is 15.3. The van der Waals surface area contributed by atoms with Gasteiger partial charge in [-0.05, 0) is 40.4 Å². The molecule has 1 aromatic rings. The second-order valence-electron chi connectivity index (χ2n) is 4.08. The van der Waals surface area contributed by atoms with Crippen LogP contribution in [0.4, 0.5) is 0 Å². The Morgan fingerprint density at radius 1 is 1.62 bits per heavy atom. The molecule has 1 aromatic heterocycles. The number of carboxylic acid groups (broad SMARTS) is 1. The highest BCUT2D eigenvalue weighted by Crippen LogP contribution is 2.33. The molecule has 0 saturated carbocycles. The number of nitrogens with zero attached hydrogens (tertiary/aromatic N) is 1. The second-order valence-corrected chi connectivity index (χ2v) is 4.99. The maximum absolute atomic E-state index is 11.3. The lowest BCUT2D eigenvalue weighted by Gasteiger charge is -2.21.